The van der Waals surface area contributed by atoms with Gasteiger partial charge in [-0.3, -0.25) is 4.57 Å². The summed E-state index contributed by atoms with van der Waals surface area (Å²) in [4.78, 5) is 2.30. The number of piperidine rings is 1. The van der Waals surface area contributed by atoms with Crippen LogP contribution in [0.3, 0.4) is 0 Å². The van der Waals surface area contributed by atoms with E-state index in [-0.39, 0.29) is 0 Å². The van der Waals surface area contributed by atoms with Crippen LogP contribution in [0, 0.1) is 10.7 Å². The Balaban J connectivity index is 2.16. The lowest BCUT2D eigenvalue weighted by Crippen LogP contribution is -2.34. The minimum absolute atomic E-state index is 0.693. The standard InChI is InChI=1S/C9H16N4S/c1-7-3-5-13(6-4-7)8-10-11-9(14)12(8)2/h7H,3-6H2,1-2H3,(H,11,14). The summed E-state index contributed by atoms with van der Waals surface area (Å²) < 4.78 is 2.63. The topological polar surface area (TPSA) is 36.9 Å². The van der Waals surface area contributed by atoms with E-state index < -0.39 is 0 Å². The van der Waals surface area contributed by atoms with Crippen molar-refractivity contribution >= 4 is 18.2 Å². The average Bonchev–Trinajstić information content (AvgIpc) is 2.50. The fourth-order valence-electron chi connectivity index (χ4n) is 1.83. The Morgan fingerprint density at radius 3 is 2.57 bits per heavy atom. The Kier molecular flexibility index (Phi) is 2.58. The molecule has 1 N–H and O–H groups in total. The molecule has 1 saturated heterocycles. The van der Waals surface area contributed by atoms with Crippen molar-refractivity contribution in [2.45, 2.75) is 19.8 Å². The maximum Gasteiger partial charge on any atom is 0.225 e. The first-order chi connectivity index (χ1) is 6.68. The molecule has 1 aromatic heterocycles. The van der Waals surface area contributed by atoms with Crippen LogP contribution in [-0.4, -0.2) is 27.9 Å². The lowest BCUT2D eigenvalue weighted by atomic mass is 10.00. The smallest absolute Gasteiger partial charge is 0.225 e. The van der Waals surface area contributed by atoms with Gasteiger partial charge in [0.25, 0.3) is 0 Å². The van der Waals surface area contributed by atoms with Crippen molar-refractivity contribution in [1.29, 1.82) is 0 Å². The van der Waals surface area contributed by atoms with Gasteiger partial charge in [0, 0.05) is 20.1 Å². The molecule has 0 spiro atoms. The largest absolute Gasteiger partial charge is 0.341 e. The van der Waals surface area contributed by atoms with Crippen LogP contribution >= 0.6 is 12.2 Å². The zero-order chi connectivity index (χ0) is 10.1. The number of aromatic amines is 1. The molecule has 0 radical (unpaired) electrons. The molecule has 0 atom stereocenters. The first-order valence-corrected chi connectivity index (χ1v) is 5.45. The molecule has 1 aliphatic rings. The molecule has 0 amide bonds. The van der Waals surface area contributed by atoms with E-state index in [2.05, 4.69) is 22.0 Å². The molecule has 0 saturated carbocycles. The summed E-state index contributed by atoms with van der Waals surface area (Å²) in [7, 11) is 1.96. The molecule has 0 aliphatic carbocycles. The molecule has 2 heterocycles. The number of nitrogens with zero attached hydrogens (tertiary/aromatic N) is 3. The zero-order valence-electron chi connectivity index (χ0n) is 8.66. The first-order valence-electron chi connectivity index (χ1n) is 5.05. The second-order valence-electron chi connectivity index (χ2n) is 4.06. The molecule has 2 rings (SSSR count). The van der Waals surface area contributed by atoms with Gasteiger partial charge in [0.2, 0.25) is 5.95 Å². The van der Waals surface area contributed by atoms with Crippen LogP contribution in [0.25, 0.3) is 0 Å². The molecule has 14 heavy (non-hydrogen) atoms. The first kappa shape index (κ1) is 9.71. The lowest BCUT2D eigenvalue weighted by molar-refractivity contribution is 0.432. The van der Waals surface area contributed by atoms with Gasteiger partial charge in [0.1, 0.15) is 0 Å². The highest BCUT2D eigenvalue weighted by Crippen LogP contribution is 2.20. The van der Waals surface area contributed by atoms with Gasteiger partial charge in [-0.25, -0.2) is 5.10 Å². The van der Waals surface area contributed by atoms with Gasteiger partial charge in [0.05, 0.1) is 0 Å². The number of H-pyrrole nitrogens is 1. The monoisotopic (exact) mass is 212 g/mol. The number of hydrogen-bond acceptors (Lipinski definition) is 3. The second-order valence-corrected chi connectivity index (χ2v) is 4.44. The molecule has 1 fully saturated rings. The van der Waals surface area contributed by atoms with Crippen molar-refractivity contribution < 1.29 is 0 Å². The predicted octanol–water partition coefficient (Wildman–Crippen LogP) is 1.71. The summed E-state index contributed by atoms with van der Waals surface area (Å²) in [5.74, 6) is 1.82. The Bertz CT molecular complexity index is 359. The summed E-state index contributed by atoms with van der Waals surface area (Å²) in [6.07, 6.45) is 2.50. The molecule has 0 unspecified atom stereocenters. The van der Waals surface area contributed by atoms with Crippen LogP contribution < -0.4 is 4.90 Å². The van der Waals surface area contributed by atoms with Crippen molar-refractivity contribution in [3.63, 3.8) is 0 Å². The number of anilines is 1. The summed E-state index contributed by atoms with van der Waals surface area (Å²) in [6, 6.07) is 0. The molecule has 0 aromatic carbocycles. The maximum atomic E-state index is 5.08. The Morgan fingerprint density at radius 2 is 2.07 bits per heavy atom. The molecule has 78 valence electrons. The molecule has 1 aromatic rings. The van der Waals surface area contributed by atoms with Crippen LogP contribution in [0.5, 0.6) is 0 Å². The van der Waals surface area contributed by atoms with Crippen molar-refractivity contribution in [1.82, 2.24) is 14.8 Å². The second kappa shape index (κ2) is 3.73. The van der Waals surface area contributed by atoms with Gasteiger partial charge in [-0.05, 0) is 31.0 Å². The third-order valence-corrected chi connectivity index (χ3v) is 3.29. The van der Waals surface area contributed by atoms with Gasteiger partial charge >= 0.3 is 0 Å². The van der Waals surface area contributed by atoms with Crippen LogP contribution in [0.15, 0.2) is 0 Å². The van der Waals surface area contributed by atoms with Crippen LogP contribution in [0.2, 0.25) is 0 Å². The molecular formula is C9H16N4S. The Morgan fingerprint density at radius 1 is 1.43 bits per heavy atom. The minimum atomic E-state index is 0.693. The molecule has 4 nitrogen and oxygen atoms in total. The van der Waals surface area contributed by atoms with E-state index in [1.165, 1.54) is 12.8 Å². The highest BCUT2D eigenvalue weighted by molar-refractivity contribution is 7.71. The number of hydrogen-bond donors (Lipinski definition) is 1. The number of nitrogens with one attached hydrogen (secondary N) is 1. The summed E-state index contributed by atoms with van der Waals surface area (Å²) in [5.41, 5.74) is 0. The highest BCUT2D eigenvalue weighted by Gasteiger charge is 2.19. The fraction of sp³-hybridized carbons (Fsp3) is 0.778. The quantitative estimate of drug-likeness (QED) is 0.720. The van der Waals surface area contributed by atoms with Crippen LogP contribution in [0.4, 0.5) is 5.95 Å². The van der Waals surface area contributed by atoms with Crippen molar-refractivity contribution in [2.75, 3.05) is 18.0 Å². The van der Waals surface area contributed by atoms with Gasteiger partial charge < -0.3 is 4.90 Å². The Labute approximate surface area is 88.9 Å². The van der Waals surface area contributed by atoms with E-state index in [1.807, 2.05) is 11.6 Å². The third-order valence-electron chi connectivity index (χ3n) is 2.92. The van der Waals surface area contributed by atoms with Gasteiger partial charge in [-0.15, -0.1) is 5.10 Å². The van der Waals surface area contributed by atoms with Crippen LogP contribution in [-0.2, 0) is 7.05 Å². The Hall–Kier alpha value is -0.840. The van der Waals surface area contributed by atoms with E-state index in [4.69, 9.17) is 12.2 Å². The average molecular weight is 212 g/mol. The predicted molar refractivity (Wildman–Crippen MR) is 59.0 cm³/mol. The summed E-state index contributed by atoms with van der Waals surface area (Å²) in [6.45, 7) is 4.49. The van der Waals surface area contributed by atoms with E-state index in [1.54, 1.807) is 0 Å². The lowest BCUT2D eigenvalue weighted by Gasteiger charge is -2.30. The third kappa shape index (κ3) is 1.68. The minimum Gasteiger partial charge on any atom is -0.341 e. The van der Waals surface area contributed by atoms with Gasteiger partial charge in [-0.2, -0.15) is 0 Å². The molecule has 1 aliphatic heterocycles. The molecular weight excluding hydrogens is 196 g/mol. The normalized spacial score (nSPS) is 18.9. The maximum absolute atomic E-state index is 5.08. The van der Waals surface area contributed by atoms with Gasteiger partial charge in [0.15, 0.2) is 4.77 Å². The molecule has 0 bridgehead atoms. The van der Waals surface area contributed by atoms with Crippen molar-refractivity contribution in [2.24, 2.45) is 13.0 Å². The summed E-state index contributed by atoms with van der Waals surface area (Å²) in [5, 5.41) is 7.06. The van der Waals surface area contributed by atoms with E-state index >= 15 is 0 Å². The fourth-order valence-corrected chi connectivity index (χ4v) is 1.96. The number of aromatic nitrogens is 3. The SMILES string of the molecule is CC1CCN(c2n[nH]c(=S)n2C)CC1. The zero-order valence-corrected chi connectivity index (χ0v) is 9.47. The van der Waals surface area contributed by atoms with E-state index in [0.29, 0.717) is 4.77 Å². The molecule has 5 heteroatoms. The van der Waals surface area contributed by atoms with E-state index in [0.717, 1.165) is 25.0 Å². The van der Waals surface area contributed by atoms with E-state index in [9.17, 15) is 0 Å². The highest BCUT2D eigenvalue weighted by atomic mass is 32.1. The van der Waals surface area contributed by atoms with Crippen LogP contribution in [0.1, 0.15) is 19.8 Å². The number of rotatable bonds is 1. The summed E-state index contributed by atoms with van der Waals surface area (Å²) >= 11 is 5.08. The van der Waals surface area contributed by atoms with Gasteiger partial charge in [-0.1, -0.05) is 6.92 Å². The van der Waals surface area contributed by atoms with Crippen molar-refractivity contribution in [3.8, 4) is 0 Å². The van der Waals surface area contributed by atoms with Crippen molar-refractivity contribution in [3.05, 3.63) is 4.77 Å².